The Kier molecular flexibility index (Phi) is 2.70. The molecule has 0 radical (unpaired) electrons. The SMILES string of the molecule is OC(CN1C2CCCCC21)c1ccccc1. The average Bonchev–Trinajstić information content (AvgIpc) is 3.04. The molecular weight excluding hydrogens is 198 g/mol. The number of likely N-dealkylation sites (tertiary alicyclic amines) is 1. The summed E-state index contributed by atoms with van der Waals surface area (Å²) in [4.78, 5) is 2.48. The third-order valence-corrected chi connectivity index (χ3v) is 4.02. The highest BCUT2D eigenvalue weighted by Gasteiger charge is 2.48. The summed E-state index contributed by atoms with van der Waals surface area (Å²) in [6.07, 6.45) is 5.11. The molecule has 1 saturated heterocycles. The molecule has 1 aliphatic carbocycles. The minimum absolute atomic E-state index is 0.313. The summed E-state index contributed by atoms with van der Waals surface area (Å²) in [5.41, 5.74) is 1.05. The van der Waals surface area contributed by atoms with Gasteiger partial charge in [-0.1, -0.05) is 43.2 Å². The number of fused-ring (bicyclic) bond motifs is 1. The zero-order valence-electron chi connectivity index (χ0n) is 9.55. The number of hydrogen-bond acceptors (Lipinski definition) is 2. The fourth-order valence-electron chi connectivity index (χ4n) is 3.07. The second-order valence-corrected chi connectivity index (χ2v) is 5.04. The molecule has 3 rings (SSSR count). The van der Waals surface area contributed by atoms with Crippen LogP contribution in [0.5, 0.6) is 0 Å². The van der Waals surface area contributed by atoms with Gasteiger partial charge in [0, 0.05) is 18.6 Å². The summed E-state index contributed by atoms with van der Waals surface area (Å²) in [7, 11) is 0. The maximum absolute atomic E-state index is 10.1. The number of hydrogen-bond donors (Lipinski definition) is 1. The summed E-state index contributed by atoms with van der Waals surface area (Å²) in [6.45, 7) is 0.819. The van der Waals surface area contributed by atoms with Gasteiger partial charge in [-0.15, -0.1) is 0 Å². The Labute approximate surface area is 96.9 Å². The van der Waals surface area contributed by atoms with E-state index in [1.807, 2.05) is 30.3 Å². The van der Waals surface area contributed by atoms with Gasteiger partial charge in [-0.3, -0.25) is 4.90 Å². The molecule has 3 unspecified atom stereocenters. The van der Waals surface area contributed by atoms with Crippen LogP contribution in [0.1, 0.15) is 37.4 Å². The quantitative estimate of drug-likeness (QED) is 0.785. The van der Waals surface area contributed by atoms with E-state index < -0.39 is 0 Å². The summed E-state index contributed by atoms with van der Waals surface area (Å²) in [6, 6.07) is 11.6. The molecule has 0 spiro atoms. The van der Waals surface area contributed by atoms with E-state index in [1.165, 1.54) is 25.7 Å². The standard InChI is InChI=1S/C14H19NO/c16-14(11-6-2-1-3-7-11)10-15-12-8-4-5-9-13(12)15/h1-3,6-7,12-14,16H,4-5,8-10H2. The summed E-state index contributed by atoms with van der Waals surface area (Å²) >= 11 is 0. The average molecular weight is 217 g/mol. The van der Waals surface area contributed by atoms with Gasteiger partial charge in [0.15, 0.2) is 0 Å². The van der Waals surface area contributed by atoms with Gasteiger partial charge in [0.05, 0.1) is 6.10 Å². The van der Waals surface area contributed by atoms with E-state index in [2.05, 4.69) is 4.90 Å². The lowest BCUT2D eigenvalue weighted by Crippen LogP contribution is -2.14. The first-order valence-corrected chi connectivity index (χ1v) is 6.35. The third-order valence-electron chi connectivity index (χ3n) is 4.02. The number of benzene rings is 1. The minimum Gasteiger partial charge on any atom is -0.387 e. The van der Waals surface area contributed by atoms with E-state index in [0.717, 1.165) is 24.2 Å². The highest BCUT2D eigenvalue weighted by Crippen LogP contribution is 2.41. The van der Waals surface area contributed by atoms with Crippen molar-refractivity contribution in [3.63, 3.8) is 0 Å². The van der Waals surface area contributed by atoms with Crippen LogP contribution in [0, 0.1) is 0 Å². The minimum atomic E-state index is -0.313. The maximum atomic E-state index is 10.1. The molecule has 0 amide bonds. The molecule has 2 aliphatic rings. The highest BCUT2D eigenvalue weighted by molar-refractivity contribution is 5.18. The second-order valence-electron chi connectivity index (χ2n) is 5.04. The van der Waals surface area contributed by atoms with Crippen molar-refractivity contribution in [3.05, 3.63) is 35.9 Å². The first kappa shape index (κ1) is 10.3. The van der Waals surface area contributed by atoms with Crippen LogP contribution in [0.15, 0.2) is 30.3 Å². The van der Waals surface area contributed by atoms with Crippen LogP contribution in [0.4, 0.5) is 0 Å². The highest BCUT2D eigenvalue weighted by atomic mass is 16.3. The van der Waals surface area contributed by atoms with E-state index >= 15 is 0 Å². The Bertz CT molecular complexity index is 339. The molecule has 2 heteroatoms. The Morgan fingerprint density at radius 1 is 1.12 bits per heavy atom. The van der Waals surface area contributed by atoms with Crippen LogP contribution in [0.3, 0.4) is 0 Å². The van der Waals surface area contributed by atoms with Crippen molar-refractivity contribution in [1.29, 1.82) is 0 Å². The largest absolute Gasteiger partial charge is 0.387 e. The van der Waals surface area contributed by atoms with E-state index in [4.69, 9.17) is 0 Å². The van der Waals surface area contributed by atoms with Crippen molar-refractivity contribution >= 4 is 0 Å². The molecule has 0 bridgehead atoms. The van der Waals surface area contributed by atoms with Gasteiger partial charge in [0.25, 0.3) is 0 Å². The number of nitrogens with zero attached hydrogens (tertiary/aromatic N) is 1. The van der Waals surface area contributed by atoms with Gasteiger partial charge < -0.3 is 5.11 Å². The van der Waals surface area contributed by atoms with Crippen molar-refractivity contribution in [2.24, 2.45) is 0 Å². The molecule has 1 saturated carbocycles. The van der Waals surface area contributed by atoms with E-state index in [0.29, 0.717) is 0 Å². The topological polar surface area (TPSA) is 23.2 Å². The molecule has 3 atom stereocenters. The summed E-state index contributed by atoms with van der Waals surface area (Å²) in [5, 5.41) is 10.1. The van der Waals surface area contributed by atoms with Crippen molar-refractivity contribution < 1.29 is 5.11 Å². The Morgan fingerprint density at radius 2 is 1.75 bits per heavy atom. The zero-order valence-corrected chi connectivity index (χ0v) is 9.55. The van der Waals surface area contributed by atoms with E-state index in [1.54, 1.807) is 0 Å². The van der Waals surface area contributed by atoms with Crippen LogP contribution in [-0.4, -0.2) is 28.6 Å². The Hall–Kier alpha value is -0.860. The molecule has 0 aromatic heterocycles. The second kappa shape index (κ2) is 4.19. The van der Waals surface area contributed by atoms with Crippen LogP contribution in [-0.2, 0) is 0 Å². The van der Waals surface area contributed by atoms with Crippen LogP contribution in [0.2, 0.25) is 0 Å². The smallest absolute Gasteiger partial charge is 0.0917 e. The fraction of sp³-hybridized carbons (Fsp3) is 0.571. The predicted molar refractivity (Wildman–Crippen MR) is 64.2 cm³/mol. The molecule has 1 aromatic rings. The first-order chi connectivity index (χ1) is 7.86. The zero-order chi connectivity index (χ0) is 11.0. The summed E-state index contributed by atoms with van der Waals surface area (Å²) in [5.74, 6) is 0. The van der Waals surface area contributed by atoms with Gasteiger partial charge >= 0.3 is 0 Å². The molecule has 1 heterocycles. The van der Waals surface area contributed by atoms with Gasteiger partial charge in [-0.05, 0) is 18.4 Å². The van der Waals surface area contributed by atoms with Crippen LogP contribution >= 0.6 is 0 Å². The van der Waals surface area contributed by atoms with Crippen LogP contribution < -0.4 is 0 Å². The molecule has 1 N–H and O–H groups in total. The maximum Gasteiger partial charge on any atom is 0.0917 e. The Morgan fingerprint density at radius 3 is 2.38 bits per heavy atom. The number of aliphatic hydroxyl groups is 1. The molecule has 86 valence electrons. The lowest BCUT2D eigenvalue weighted by atomic mass is 10.0. The molecule has 2 nitrogen and oxygen atoms in total. The molecule has 1 aromatic carbocycles. The van der Waals surface area contributed by atoms with E-state index in [-0.39, 0.29) is 6.10 Å². The lowest BCUT2D eigenvalue weighted by Gasteiger charge is -2.12. The number of aliphatic hydroxyl groups excluding tert-OH is 1. The van der Waals surface area contributed by atoms with E-state index in [9.17, 15) is 5.11 Å². The predicted octanol–water partition coefficient (Wildman–Crippen LogP) is 2.35. The van der Waals surface area contributed by atoms with Crippen molar-refractivity contribution in [1.82, 2.24) is 4.90 Å². The monoisotopic (exact) mass is 217 g/mol. The number of β-amino-alcohol motifs (C(OH)–C–C–N with tert-alkyl or cyclic N) is 1. The lowest BCUT2D eigenvalue weighted by molar-refractivity contribution is 0.150. The molecule has 1 aliphatic heterocycles. The normalized spacial score (nSPS) is 34.2. The molecular formula is C14H19NO. The van der Waals surface area contributed by atoms with Gasteiger partial charge in [0.1, 0.15) is 0 Å². The van der Waals surface area contributed by atoms with Gasteiger partial charge in [-0.25, -0.2) is 0 Å². The third kappa shape index (κ3) is 1.87. The van der Waals surface area contributed by atoms with Gasteiger partial charge in [0.2, 0.25) is 0 Å². The van der Waals surface area contributed by atoms with Crippen molar-refractivity contribution in [2.45, 2.75) is 43.9 Å². The summed E-state index contributed by atoms with van der Waals surface area (Å²) < 4.78 is 0. The Balaban J connectivity index is 1.60. The molecule has 16 heavy (non-hydrogen) atoms. The fourth-order valence-corrected chi connectivity index (χ4v) is 3.07. The number of rotatable bonds is 3. The van der Waals surface area contributed by atoms with Crippen LogP contribution in [0.25, 0.3) is 0 Å². The van der Waals surface area contributed by atoms with Crippen molar-refractivity contribution in [2.75, 3.05) is 6.54 Å². The molecule has 2 fully saturated rings. The van der Waals surface area contributed by atoms with Gasteiger partial charge in [-0.2, -0.15) is 0 Å². The first-order valence-electron chi connectivity index (χ1n) is 6.35. The van der Waals surface area contributed by atoms with Crippen molar-refractivity contribution in [3.8, 4) is 0 Å².